The molecule has 0 aromatic heterocycles. The van der Waals surface area contributed by atoms with Crippen LogP contribution in [0.2, 0.25) is 0 Å². The normalized spacial score (nSPS) is 10.5. The molecule has 9 N–H and O–H groups in total. The van der Waals surface area contributed by atoms with Crippen LogP contribution in [0.3, 0.4) is 0 Å². The van der Waals surface area contributed by atoms with Crippen LogP contribution in [0.5, 0.6) is 0 Å². The van der Waals surface area contributed by atoms with Crippen molar-refractivity contribution in [3.8, 4) is 22.3 Å². The number of carbonyl (C=O) groups excluding carboxylic acids is 4. The maximum Gasteiger partial charge on any atom is 0.249 e. The van der Waals surface area contributed by atoms with Gasteiger partial charge in [-0.25, -0.2) is 0 Å². The highest BCUT2D eigenvalue weighted by Gasteiger charge is 2.14. The van der Waals surface area contributed by atoms with Crippen LogP contribution >= 0.6 is 0 Å². The largest absolute Gasteiger partial charge is 0.366 e. The topological polar surface area (TPSA) is 184 Å². The summed E-state index contributed by atoms with van der Waals surface area (Å²) in [6, 6.07) is 23.4. The molecule has 0 saturated heterocycles. The van der Waals surface area contributed by atoms with Gasteiger partial charge in [-0.1, -0.05) is 24.3 Å². The molecule has 0 aliphatic carbocycles. The third-order valence-electron chi connectivity index (χ3n) is 5.82. The Morgan fingerprint density at radius 2 is 0.811 bits per heavy atom. The Balaban J connectivity index is 1.59. The molecule has 9 heteroatoms. The van der Waals surface area contributed by atoms with Crippen molar-refractivity contribution in [2.75, 3.05) is 5.32 Å². The molecule has 0 saturated carbocycles. The number of rotatable bonds is 8. The molecule has 4 amide bonds. The van der Waals surface area contributed by atoms with E-state index >= 15 is 0 Å². The minimum Gasteiger partial charge on any atom is -0.366 e. The zero-order valence-electron chi connectivity index (χ0n) is 19.5. The van der Waals surface area contributed by atoms with E-state index in [-0.39, 0.29) is 22.3 Å². The van der Waals surface area contributed by atoms with Gasteiger partial charge in [0.1, 0.15) is 0 Å². The van der Waals surface area contributed by atoms with E-state index < -0.39 is 23.6 Å². The van der Waals surface area contributed by atoms with Crippen LogP contribution in [0.1, 0.15) is 41.4 Å². The first-order valence-corrected chi connectivity index (χ1v) is 11.1. The smallest absolute Gasteiger partial charge is 0.249 e. The molecule has 0 aliphatic rings. The molecular weight excluding hydrogens is 470 g/mol. The molecule has 9 nitrogen and oxygen atoms in total. The fourth-order valence-corrected chi connectivity index (χ4v) is 3.94. The van der Waals surface area contributed by atoms with Gasteiger partial charge >= 0.3 is 0 Å². The fraction of sp³-hybridized carbons (Fsp3) is 0. The lowest BCUT2D eigenvalue weighted by Crippen LogP contribution is -2.15. The van der Waals surface area contributed by atoms with Crippen molar-refractivity contribution in [3.63, 3.8) is 0 Å². The lowest BCUT2D eigenvalue weighted by atomic mass is 9.96. The average Bonchev–Trinajstić information content (AvgIpc) is 2.88. The number of benzene rings is 4. The van der Waals surface area contributed by atoms with Crippen LogP contribution < -0.4 is 28.3 Å². The summed E-state index contributed by atoms with van der Waals surface area (Å²) in [5.41, 5.74) is 26.7. The highest BCUT2D eigenvalue weighted by Crippen LogP contribution is 2.29. The van der Waals surface area contributed by atoms with E-state index in [0.29, 0.717) is 22.3 Å². The number of amides is 4. The van der Waals surface area contributed by atoms with Crippen molar-refractivity contribution in [1.82, 2.24) is 0 Å². The summed E-state index contributed by atoms with van der Waals surface area (Å²) in [6.07, 6.45) is 0. The van der Waals surface area contributed by atoms with E-state index in [0.717, 1.165) is 11.4 Å². The number of hydrogen-bond donors (Lipinski definition) is 5. The van der Waals surface area contributed by atoms with Gasteiger partial charge in [0.15, 0.2) is 0 Å². The van der Waals surface area contributed by atoms with E-state index in [9.17, 15) is 19.2 Å². The molecule has 0 unspecified atom stereocenters. The van der Waals surface area contributed by atoms with Gasteiger partial charge in [-0.15, -0.1) is 0 Å². The first kappa shape index (κ1) is 24.7. The fourth-order valence-electron chi connectivity index (χ4n) is 3.94. The maximum atomic E-state index is 11.9. The number of primary amides is 4. The number of carbonyl (C=O) groups is 4. The average molecular weight is 494 g/mol. The Labute approximate surface area is 212 Å². The second-order valence-electron chi connectivity index (χ2n) is 8.26. The first-order chi connectivity index (χ1) is 17.6. The molecular formula is C28H23N5O4. The van der Waals surface area contributed by atoms with Crippen molar-refractivity contribution in [3.05, 3.63) is 107 Å². The second-order valence-corrected chi connectivity index (χ2v) is 8.26. The van der Waals surface area contributed by atoms with Gasteiger partial charge in [0, 0.05) is 33.6 Å². The third kappa shape index (κ3) is 5.30. The van der Waals surface area contributed by atoms with Crippen molar-refractivity contribution in [2.24, 2.45) is 22.9 Å². The summed E-state index contributed by atoms with van der Waals surface area (Å²) in [7, 11) is 0. The molecule has 0 atom stereocenters. The van der Waals surface area contributed by atoms with Gasteiger partial charge in [-0.3, -0.25) is 19.2 Å². The standard InChI is InChI=1S/C28H23N5O4/c29-25(34)17-5-11-21(27(31)36)23(13-17)15-1-7-19(8-2-15)33-20-9-3-16(4-10-20)24-14-18(26(30)35)6-12-22(24)28(32)37/h1-14,33H,(H2,29,34)(H2,30,35)(H2,31,36)(H2,32,37). The summed E-state index contributed by atoms with van der Waals surface area (Å²) in [5, 5.41) is 3.26. The molecule has 4 aromatic carbocycles. The van der Waals surface area contributed by atoms with Gasteiger partial charge in [0.25, 0.3) is 0 Å². The Kier molecular flexibility index (Phi) is 6.70. The van der Waals surface area contributed by atoms with E-state index in [1.54, 1.807) is 24.3 Å². The zero-order valence-corrected chi connectivity index (χ0v) is 19.5. The highest BCUT2D eigenvalue weighted by atomic mass is 16.2. The molecule has 0 spiro atoms. The van der Waals surface area contributed by atoms with Gasteiger partial charge in [-0.2, -0.15) is 0 Å². The summed E-state index contributed by atoms with van der Waals surface area (Å²) < 4.78 is 0. The van der Waals surface area contributed by atoms with Crippen molar-refractivity contribution in [1.29, 1.82) is 0 Å². The molecule has 4 aromatic rings. The lowest BCUT2D eigenvalue weighted by molar-refractivity contribution is 0.0989. The molecule has 184 valence electrons. The lowest BCUT2D eigenvalue weighted by Gasteiger charge is -2.12. The van der Waals surface area contributed by atoms with E-state index in [4.69, 9.17) is 22.9 Å². The number of hydrogen-bond acceptors (Lipinski definition) is 5. The Morgan fingerprint density at radius 1 is 0.459 bits per heavy atom. The molecule has 0 fully saturated rings. The summed E-state index contributed by atoms with van der Waals surface area (Å²) in [4.78, 5) is 46.9. The van der Waals surface area contributed by atoms with Crippen molar-refractivity contribution in [2.45, 2.75) is 0 Å². The monoisotopic (exact) mass is 493 g/mol. The van der Waals surface area contributed by atoms with Gasteiger partial charge in [0.2, 0.25) is 23.6 Å². The minimum absolute atomic E-state index is 0.267. The van der Waals surface area contributed by atoms with Gasteiger partial charge in [-0.05, 0) is 82.9 Å². The Morgan fingerprint density at radius 3 is 1.11 bits per heavy atom. The quantitative estimate of drug-likeness (QED) is 0.252. The van der Waals surface area contributed by atoms with Crippen LogP contribution in [0, 0.1) is 0 Å². The summed E-state index contributed by atoms with van der Waals surface area (Å²) >= 11 is 0. The predicted molar refractivity (Wildman–Crippen MR) is 141 cm³/mol. The van der Waals surface area contributed by atoms with Crippen molar-refractivity contribution < 1.29 is 19.2 Å². The van der Waals surface area contributed by atoms with Crippen LogP contribution in [0.15, 0.2) is 84.9 Å². The highest BCUT2D eigenvalue weighted by molar-refractivity contribution is 6.04. The molecule has 0 bridgehead atoms. The molecule has 4 rings (SSSR count). The second kappa shape index (κ2) is 10.0. The Bertz CT molecular complexity index is 1430. The van der Waals surface area contributed by atoms with Crippen LogP contribution in [0.4, 0.5) is 11.4 Å². The van der Waals surface area contributed by atoms with Crippen LogP contribution in [0.25, 0.3) is 22.3 Å². The number of anilines is 2. The Hall–Kier alpha value is -5.44. The number of nitrogens with one attached hydrogen (secondary N) is 1. The molecule has 37 heavy (non-hydrogen) atoms. The SMILES string of the molecule is NC(=O)c1ccc(C(N)=O)c(-c2ccc(Nc3ccc(-c4cc(C(N)=O)ccc4C(N)=O)cc3)cc2)c1. The third-order valence-corrected chi connectivity index (χ3v) is 5.82. The molecule has 0 aliphatic heterocycles. The van der Waals surface area contributed by atoms with E-state index in [1.165, 1.54) is 36.4 Å². The van der Waals surface area contributed by atoms with Gasteiger partial charge < -0.3 is 28.3 Å². The first-order valence-electron chi connectivity index (χ1n) is 11.1. The summed E-state index contributed by atoms with van der Waals surface area (Å²) in [5.74, 6) is -2.45. The molecule has 0 radical (unpaired) electrons. The van der Waals surface area contributed by atoms with E-state index in [2.05, 4.69) is 5.32 Å². The van der Waals surface area contributed by atoms with E-state index in [1.807, 2.05) is 24.3 Å². The van der Waals surface area contributed by atoms with Crippen LogP contribution in [-0.4, -0.2) is 23.6 Å². The predicted octanol–water partition coefficient (Wildman–Crippen LogP) is 3.16. The minimum atomic E-state index is -0.617. The zero-order chi connectivity index (χ0) is 26.7. The molecule has 0 heterocycles. The van der Waals surface area contributed by atoms with Gasteiger partial charge in [0.05, 0.1) is 0 Å². The van der Waals surface area contributed by atoms with Crippen molar-refractivity contribution >= 4 is 35.0 Å². The van der Waals surface area contributed by atoms with Crippen LogP contribution in [-0.2, 0) is 0 Å². The maximum absolute atomic E-state index is 11.9. The summed E-state index contributed by atoms with van der Waals surface area (Å²) in [6.45, 7) is 0. The number of nitrogens with two attached hydrogens (primary N) is 4.